The molecular formula is C9H21N3O. The van der Waals surface area contributed by atoms with Crippen molar-refractivity contribution in [2.24, 2.45) is 11.5 Å². The highest BCUT2D eigenvalue weighted by molar-refractivity contribution is 5.74. The molecule has 0 spiro atoms. The molecule has 0 aliphatic carbocycles. The van der Waals surface area contributed by atoms with Gasteiger partial charge in [-0.1, -0.05) is 13.3 Å². The monoisotopic (exact) mass is 187 g/mol. The smallest absolute Gasteiger partial charge is 0.219 e. The SMILES string of the molecule is CCCCN(C)C(CN)CC(N)=O. The minimum Gasteiger partial charge on any atom is -0.370 e. The molecule has 0 fully saturated rings. The molecule has 4 heteroatoms. The zero-order valence-corrected chi connectivity index (χ0v) is 8.62. The Kier molecular flexibility index (Phi) is 6.54. The molecule has 1 atom stereocenters. The molecule has 13 heavy (non-hydrogen) atoms. The predicted octanol–water partition coefficient (Wildman–Crippen LogP) is -0.0790. The van der Waals surface area contributed by atoms with E-state index in [9.17, 15) is 4.79 Å². The van der Waals surface area contributed by atoms with Crippen LogP contribution in [0.5, 0.6) is 0 Å². The van der Waals surface area contributed by atoms with Crippen LogP contribution in [0, 0.1) is 0 Å². The zero-order valence-electron chi connectivity index (χ0n) is 8.62. The molecule has 0 saturated carbocycles. The number of hydrogen-bond donors (Lipinski definition) is 2. The first-order valence-electron chi connectivity index (χ1n) is 4.80. The molecule has 0 heterocycles. The highest BCUT2D eigenvalue weighted by atomic mass is 16.1. The van der Waals surface area contributed by atoms with Crippen LogP contribution in [0.25, 0.3) is 0 Å². The zero-order chi connectivity index (χ0) is 10.3. The highest BCUT2D eigenvalue weighted by Crippen LogP contribution is 2.01. The number of unbranched alkanes of at least 4 members (excludes halogenated alkanes) is 1. The van der Waals surface area contributed by atoms with Crippen LogP contribution in [0.2, 0.25) is 0 Å². The number of hydrogen-bond acceptors (Lipinski definition) is 3. The van der Waals surface area contributed by atoms with Gasteiger partial charge in [-0.3, -0.25) is 4.79 Å². The second kappa shape index (κ2) is 6.86. The maximum Gasteiger partial charge on any atom is 0.219 e. The summed E-state index contributed by atoms with van der Waals surface area (Å²) < 4.78 is 0. The summed E-state index contributed by atoms with van der Waals surface area (Å²) in [7, 11) is 1.98. The summed E-state index contributed by atoms with van der Waals surface area (Å²) >= 11 is 0. The molecule has 0 aromatic rings. The van der Waals surface area contributed by atoms with E-state index >= 15 is 0 Å². The van der Waals surface area contributed by atoms with Gasteiger partial charge < -0.3 is 16.4 Å². The molecule has 0 aliphatic heterocycles. The van der Waals surface area contributed by atoms with Crippen molar-refractivity contribution in [2.45, 2.75) is 32.2 Å². The molecule has 1 amide bonds. The lowest BCUT2D eigenvalue weighted by Crippen LogP contribution is -2.41. The van der Waals surface area contributed by atoms with Gasteiger partial charge >= 0.3 is 0 Å². The Morgan fingerprint density at radius 1 is 1.54 bits per heavy atom. The molecule has 0 aromatic carbocycles. The standard InChI is InChI=1S/C9H21N3O/c1-3-4-5-12(2)8(7-10)6-9(11)13/h8H,3-7,10H2,1-2H3,(H2,11,13). The second-order valence-corrected chi connectivity index (χ2v) is 3.39. The van der Waals surface area contributed by atoms with Crippen LogP contribution in [0.3, 0.4) is 0 Å². The first-order valence-corrected chi connectivity index (χ1v) is 4.80. The van der Waals surface area contributed by atoms with E-state index in [1.165, 1.54) is 0 Å². The quantitative estimate of drug-likeness (QED) is 0.585. The number of carbonyl (C=O) groups is 1. The Bertz CT molecular complexity index is 150. The predicted molar refractivity (Wildman–Crippen MR) is 54.2 cm³/mol. The third-order valence-corrected chi connectivity index (χ3v) is 2.20. The number of nitrogens with zero attached hydrogens (tertiary/aromatic N) is 1. The van der Waals surface area contributed by atoms with Crippen LogP contribution in [0.1, 0.15) is 26.2 Å². The third kappa shape index (κ3) is 5.60. The molecule has 78 valence electrons. The van der Waals surface area contributed by atoms with E-state index in [2.05, 4.69) is 11.8 Å². The Morgan fingerprint density at radius 3 is 2.54 bits per heavy atom. The lowest BCUT2D eigenvalue weighted by atomic mass is 10.1. The summed E-state index contributed by atoms with van der Waals surface area (Å²) in [4.78, 5) is 12.8. The minimum atomic E-state index is -0.279. The van der Waals surface area contributed by atoms with Crippen LogP contribution in [-0.4, -0.2) is 37.0 Å². The number of carbonyl (C=O) groups excluding carboxylic acids is 1. The summed E-state index contributed by atoms with van der Waals surface area (Å²) in [5.74, 6) is -0.279. The van der Waals surface area contributed by atoms with Crippen molar-refractivity contribution >= 4 is 5.91 Å². The van der Waals surface area contributed by atoms with E-state index in [0.29, 0.717) is 13.0 Å². The minimum absolute atomic E-state index is 0.101. The molecule has 0 saturated heterocycles. The fourth-order valence-electron chi connectivity index (χ4n) is 1.24. The fraction of sp³-hybridized carbons (Fsp3) is 0.889. The van der Waals surface area contributed by atoms with Gasteiger partial charge in [0.15, 0.2) is 0 Å². The third-order valence-electron chi connectivity index (χ3n) is 2.20. The van der Waals surface area contributed by atoms with E-state index in [1.54, 1.807) is 0 Å². The van der Waals surface area contributed by atoms with Crippen LogP contribution in [0.4, 0.5) is 0 Å². The molecule has 0 rings (SSSR count). The Morgan fingerprint density at radius 2 is 2.15 bits per heavy atom. The number of nitrogens with two attached hydrogens (primary N) is 2. The van der Waals surface area contributed by atoms with E-state index in [4.69, 9.17) is 11.5 Å². The number of rotatable bonds is 7. The number of primary amides is 1. The molecule has 0 bridgehead atoms. The van der Waals surface area contributed by atoms with E-state index in [1.807, 2.05) is 7.05 Å². The maximum absolute atomic E-state index is 10.7. The van der Waals surface area contributed by atoms with Gasteiger partial charge in [0.2, 0.25) is 5.91 Å². The summed E-state index contributed by atoms with van der Waals surface area (Å²) in [6, 6.07) is 0.101. The van der Waals surface area contributed by atoms with Gasteiger partial charge in [-0.25, -0.2) is 0 Å². The van der Waals surface area contributed by atoms with Crippen LogP contribution in [-0.2, 0) is 4.79 Å². The second-order valence-electron chi connectivity index (χ2n) is 3.39. The van der Waals surface area contributed by atoms with Crippen molar-refractivity contribution in [3.8, 4) is 0 Å². The lowest BCUT2D eigenvalue weighted by molar-refractivity contribution is -0.119. The van der Waals surface area contributed by atoms with E-state index in [-0.39, 0.29) is 11.9 Å². The van der Waals surface area contributed by atoms with Gasteiger partial charge in [-0.05, 0) is 20.0 Å². The van der Waals surface area contributed by atoms with Crippen molar-refractivity contribution in [2.75, 3.05) is 20.1 Å². The lowest BCUT2D eigenvalue weighted by Gasteiger charge is -2.25. The number of amides is 1. The van der Waals surface area contributed by atoms with Crippen LogP contribution >= 0.6 is 0 Å². The topological polar surface area (TPSA) is 72.3 Å². The first kappa shape index (κ1) is 12.4. The summed E-state index contributed by atoms with van der Waals surface area (Å²) in [6.45, 7) is 3.61. The highest BCUT2D eigenvalue weighted by Gasteiger charge is 2.14. The molecular weight excluding hydrogens is 166 g/mol. The average Bonchev–Trinajstić information content (AvgIpc) is 2.09. The van der Waals surface area contributed by atoms with Gasteiger partial charge in [0.1, 0.15) is 0 Å². The maximum atomic E-state index is 10.7. The molecule has 4 N–H and O–H groups in total. The molecule has 0 radical (unpaired) electrons. The molecule has 4 nitrogen and oxygen atoms in total. The van der Waals surface area contributed by atoms with Crippen molar-refractivity contribution < 1.29 is 4.79 Å². The van der Waals surface area contributed by atoms with Gasteiger partial charge in [0.05, 0.1) is 0 Å². The molecule has 1 unspecified atom stereocenters. The first-order chi connectivity index (χ1) is 6.11. The average molecular weight is 187 g/mol. The molecule has 0 aliphatic rings. The normalized spacial score (nSPS) is 13.2. The Hall–Kier alpha value is -0.610. The Labute approximate surface area is 80.3 Å². The van der Waals surface area contributed by atoms with Gasteiger partial charge in [-0.2, -0.15) is 0 Å². The van der Waals surface area contributed by atoms with E-state index in [0.717, 1.165) is 19.4 Å². The summed E-state index contributed by atoms with van der Waals surface area (Å²) in [5.41, 5.74) is 10.7. The fourth-order valence-corrected chi connectivity index (χ4v) is 1.24. The van der Waals surface area contributed by atoms with Gasteiger partial charge in [0, 0.05) is 19.0 Å². The molecule has 0 aromatic heterocycles. The van der Waals surface area contributed by atoms with Crippen molar-refractivity contribution in [1.29, 1.82) is 0 Å². The van der Waals surface area contributed by atoms with E-state index < -0.39 is 0 Å². The summed E-state index contributed by atoms with van der Waals surface area (Å²) in [5, 5.41) is 0. The van der Waals surface area contributed by atoms with Gasteiger partial charge in [-0.15, -0.1) is 0 Å². The Balaban J connectivity index is 3.84. The number of likely N-dealkylation sites (N-methyl/N-ethyl adjacent to an activating group) is 1. The van der Waals surface area contributed by atoms with Crippen LogP contribution < -0.4 is 11.5 Å². The van der Waals surface area contributed by atoms with Crippen molar-refractivity contribution in [1.82, 2.24) is 4.90 Å². The van der Waals surface area contributed by atoms with Crippen molar-refractivity contribution in [3.05, 3.63) is 0 Å². The van der Waals surface area contributed by atoms with Crippen LogP contribution in [0.15, 0.2) is 0 Å². The van der Waals surface area contributed by atoms with Gasteiger partial charge in [0.25, 0.3) is 0 Å². The van der Waals surface area contributed by atoms with Crippen molar-refractivity contribution in [3.63, 3.8) is 0 Å². The summed E-state index contributed by atoms with van der Waals surface area (Å²) in [6.07, 6.45) is 2.64. The largest absolute Gasteiger partial charge is 0.370 e.